The van der Waals surface area contributed by atoms with Crippen molar-refractivity contribution < 1.29 is 8.42 Å². The maximum atomic E-state index is 12.1. The molecule has 0 aromatic heterocycles. The minimum Gasteiger partial charge on any atom is -0.392 e. The first kappa shape index (κ1) is 15.9. The number of hydrogen-bond acceptors (Lipinski definition) is 3. The van der Waals surface area contributed by atoms with E-state index >= 15 is 0 Å². The number of sulfonamides is 1. The van der Waals surface area contributed by atoms with Gasteiger partial charge in [0.05, 0.1) is 16.3 Å². The second-order valence-corrected chi connectivity index (χ2v) is 7.42. The molecule has 4 nitrogen and oxygen atoms in total. The Morgan fingerprint density at radius 1 is 1.28 bits per heavy atom. The monoisotopic (exact) mass is 292 g/mol. The number of rotatable bonds is 6. The van der Waals surface area contributed by atoms with Crippen LogP contribution < -0.4 is 10.5 Å². The van der Waals surface area contributed by atoms with Gasteiger partial charge in [0, 0.05) is 0 Å². The van der Waals surface area contributed by atoms with Crippen molar-refractivity contribution in [2.24, 2.45) is 5.73 Å². The van der Waals surface area contributed by atoms with Crippen LogP contribution in [0.3, 0.4) is 0 Å². The minimum atomic E-state index is -3.28. The molecule has 18 heavy (non-hydrogen) atoms. The molecule has 0 radical (unpaired) electrons. The molecule has 0 heterocycles. The predicted molar refractivity (Wildman–Crippen MR) is 79.0 cm³/mol. The summed E-state index contributed by atoms with van der Waals surface area (Å²) in [4.78, 5) is 0.296. The van der Waals surface area contributed by atoms with Crippen LogP contribution >= 0.6 is 12.2 Å². The molecule has 0 saturated heterocycles. The lowest BCUT2D eigenvalue weighted by molar-refractivity contribution is 0.440. The second-order valence-electron chi connectivity index (χ2n) is 5.14. The molecule has 1 fully saturated rings. The average molecular weight is 292 g/mol. The summed E-state index contributed by atoms with van der Waals surface area (Å²) >= 11 is 5.12. The third kappa shape index (κ3) is 4.48. The van der Waals surface area contributed by atoms with Gasteiger partial charge in [-0.15, -0.1) is 0 Å². The molecule has 6 heteroatoms. The van der Waals surface area contributed by atoms with Crippen LogP contribution in [0.15, 0.2) is 0 Å². The van der Waals surface area contributed by atoms with Crippen molar-refractivity contribution in [1.29, 1.82) is 0 Å². The maximum Gasteiger partial charge on any atom is 0.212 e. The van der Waals surface area contributed by atoms with Gasteiger partial charge >= 0.3 is 0 Å². The standard InChI is InChI=1S/C12H24N2O2S2/c1-2-3-10-18(15,16)14-12(11(13)17)8-6-4-5-7-9-12/h14H,2-10H2,1H3,(H2,13,17). The Labute approximate surface area is 116 Å². The van der Waals surface area contributed by atoms with Gasteiger partial charge in [-0.2, -0.15) is 0 Å². The fourth-order valence-electron chi connectivity index (χ4n) is 2.41. The van der Waals surface area contributed by atoms with Gasteiger partial charge in [0.15, 0.2) is 0 Å². The smallest absolute Gasteiger partial charge is 0.212 e. The Balaban J connectivity index is 2.82. The zero-order valence-corrected chi connectivity index (χ0v) is 12.7. The van der Waals surface area contributed by atoms with Gasteiger partial charge in [-0.1, -0.05) is 51.2 Å². The summed E-state index contributed by atoms with van der Waals surface area (Å²) < 4.78 is 26.9. The van der Waals surface area contributed by atoms with Crippen molar-refractivity contribution in [1.82, 2.24) is 4.72 Å². The molecule has 1 rings (SSSR count). The fourth-order valence-corrected chi connectivity index (χ4v) is 4.41. The quantitative estimate of drug-likeness (QED) is 0.581. The summed E-state index contributed by atoms with van der Waals surface area (Å²) in [7, 11) is -3.28. The summed E-state index contributed by atoms with van der Waals surface area (Å²) in [5, 5.41) is 0. The Bertz CT molecular complexity index is 372. The Hall–Kier alpha value is -0.200. The largest absolute Gasteiger partial charge is 0.392 e. The summed E-state index contributed by atoms with van der Waals surface area (Å²) in [6, 6.07) is 0. The van der Waals surface area contributed by atoms with Crippen LogP contribution in [0.5, 0.6) is 0 Å². The highest BCUT2D eigenvalue weighted by Crippen LogP contribution is 2.28. The molecule has 1 aliphatic rings. The zero-order valence-electron chi connectivity index (χ0n) is 11.1. The van der Waals surface area contributed by atoms with Crippen molar-refractivity contribution >= 4 is 27.2 Å². The van der Waals surface area contributed by atoms with Crippen molar-refractivity contribution in [2.45, 2.75) is 63.8 Å². The molecule has 106 valence electrons. The van der Waals surface area contributed by atoms with Crippen LogP contribution in [0.1, 0.15) is 58.3 Å². The predicted octanol–water partition coefficient (Wildman–Crippen LogP) is 2.08. The van der Waals surface area contributed by atoms with Gasteiger partial charge in [-0.25, -0.2) is 13.1 Å². The molecule has 0 aliphatic heterocycles. The second kappa shape index (κ2) is 6.82. The van der Waals surface area contributed by atoms with Gasteiger partial charge in [0.1, 0.15) is 0 Å². The Morgan fingerprint density at radius 3 is 2.28 bits per heavy atom. The van der Waals surface area contributed by atoms with Gasteiger partial charge < -0.3 is 5.73 Å². The number of thiocarbonyl (C=S) groups is 1. The summed E-state index contributed by atoms with van der Waals surface area (Å²) in [6.07, 6.45) is 7.20. The SMILES string of the molecule is CCCCS(=O)(=O)NC1(C(N)=S)CCCCCC1. The molecule has 0 spiro atoms. The van der Waals surface area contributed by atoms with E-state index in [-0.39, 0.29) is 5.75 Å². The van der Waals surface area contributed by atoms with Crippen LogP contribution in [0.4, 0.5) is 0 Å². The number of nitrogens with one attached hydrogen (secondary N) is 1. The third-order valence-corrected chi connectivity index (χ3v) is 5.46. The molecule has 0 amide bonds. The molecule has 0 atom stereocenters. The van der Waals surface area contributed by atoms with Crippen LogP contribution in [-0.4, -0.2) is 24.7 Å². The summed E-state index contributed by atoms with van der Waals surface area (Å²) in [6.45, 7) is 1.98. The summed E-state index contributed by atoms with van der Waals surface area (Å²) in [5.74, 6) is 0.161. The highest BCUT2D eigenvalue weighted by atomic mass is 32.2. The van der Waals surface area contributed by atoms with Crippen molar-refractivity contribution in [3.05, 3.63) is 0 Å². The zero-order chi connectivity index (χ0) is 13.6. The molecule has 0 bridgehead atoms. The van der Waals surface area contributed by atoms with E-state index in [1.54, 1.807) is 0 Å². The topological polar surface area (TPSA) is 72.2 Å². The van der Waals surface area contributed by atoms with E-state index in [1.807, 2.05) is 6.92 Å². The van der Waals surface area contributed by atoms with E-state index in [9.17, 15) is 8.42 Å². The first-order valence-electron chi connectivity index (χ1n) is 6.73. The van der Waals surface area contributed by atoms with E-state index in [1.165, 1.54) is 0 Å². The van der Waals surface area contributed by atoms with E-state index in [4.69, 9.17) is 18.0 Å². The lowest BCUT2D eigenvalue weighted by Crippen LogP contribution is -2.56. The van der Waals surface area contributed by atoms with E-state index in [0.717, 1.165) is 44.9 Å². The van der Waals surface area contributed by atoms with Crippen LogP contribution in [0.25, 0.3) is 0 Å². The highest BCUT2D eigenvalue weighted by molar-refractivity contribution is 7.89. The lowest BCUT2D eigenvalue weighted by Gasteiger charge is -2.32. The molecule has 0 aromatic carbocycles. The van der Waals surface area contributed by atoms with Crippen molar-refractivity contribution in [3.63, 3.8) is 0 Å². The van der Waals surface area contributed by atoms with Gasteiger partial charge in [0.25, 0.3) is 0 Å². The average Bonchev–Trinajstić information content (AvgIpc) is 2.52. The molecule has 1 saturated carbocycles. The normalized spacial score (nSPS) is 20.3. The van der Waals surface area contributed by atoms with Crippen molar-refractivity contribution in [3.8, 4) is 0 Å². The highest BCUT2D eigenvalue weighted by Gasteiger charge is 2.37. The van der Waals surface area contributed by atoms with Crippen LogP contribution in [-0.2, 0) is 10.0 Å². The molecule has 3 N–H and O–H groups in total. The fraction of sp³-hybridized carbons (Fsp3) is 0.917. The van der Waals surface area contributed by atoms with Crippen LogP contribution in [0.2, 0.25) is 0 Å². The third-order valence-electron chi connectivity index (χ3n) is 3.55. The van der Waals surface area contributed by atoms with E-state index in [0.29, 0.717) is 11.4 Å². The van der Waals surface area contributed by atoms with Crippen molar-refractivity contribution in [2.75, 3.05) is 5.75 Å². The van der Waals surface area contributed by atoms with Crippen LogP contribution in [0, 0.1) is 0 Å². The number of nitrogens with two attached hydrogens (primary N) is 1. The number of hydrogen-bond donors (Lipinski definition) is 2. The van der Waals surface area contributed by atoms with Gasteiger partial charge in [-0.3, -0.25) is 0 Å². The van der Waals surface area contributed by atoms with Gasteiger partial charge in [-0.05, 0) is 19.3 Å². The first-order chi connectivity index (χ1) is 8.42. The van der Waals surface area contributed by atoms with E-state index < -0.39 is 15.6 Å². The molecule has 0 aromatic rings. The molecular formula is C12H24N2O2S2. The van der Waals surface area contributed by atoms with E-state index in [2.05, 4.69) is 4.72 Å². The molecule has 0 unspecified atom stereocenters. The number of unbranched alkanes of at least 4 members (excludes halogenated alkanes) is 1. The van der Waals surface area contributed by atoms with Gasteiger partial charge in [0.2, 0.25) is 10.0 Å². The molecule has 1 aliphatic carbocycles. The summed E-state index contributed by atoms with van der Waals surface area (Å²) in [5.41, 5.74) is 5.13. The minimum absolute atomic E-state index is 0.161. The first-order valence-corrected chi connectivity index (χ1v) is 8.79. The Kier molecular flexibility index (Phi) is 6.01. The molecular weight excluding hydrogens is 268 g/mol. The Morgan fingerprint density at radius 2 is 1.83 bits per heavy atom. The maximum absolute atomic E-state index is 12.1. The lowest BCUT2D eigenvalue weighted by atomic mass is 9.91.